The number of ether oxygens (including phenoxy) is 1. The first kappa shape index (κ1) is 26.2. The number of imidazole rings is 1. The summed E-state index contributed by atoms with van der Waals surface area (Å²) in [6.45, 7) is 3.73. The quantitative estimate of drug-likeness (QED) is 0.234. The van der Waals surface area contributed by atoms with E-state index in [1.54, 1.807) is 29.4 Å². The lowest BCUT2D eigenvalue weighted by molar-refractivity contribution is -0.646. The van der Waals surface area contributed by atoms with Crippen LogP contribution >= 0.6 is 23.2 Å². The topological polar surface area (TPSA) is 230 Å². The van der Waals surface area contributed by atoms with Crippen molar-refractivity contribution in [2.75, 3.05) is 19.0 Å². The van der Waals surface area contributed by atoms with Crippen LogP contribution in [0.25, 0.3) is 11.2 Å². The Morgan fingerprint density at radius 2 is 1.79 bits per heavy atom. The lowest BCUT2D eigenvalue weighted by Crippen LogP contribution is -2.26. The summed E-state index contributed by atoms with van der Waals surface area (Å²) < 4.78 is 56.8. The molecule has 1 fully saturated rings. The van der Waals surface area contributed by atoms with Crippen LogP contribution in [0.3, 0.4) is 0 Å². The summed E-state index contributed by atoms with van der Waals surface area (Å²) in [6, 6.07) is 0. The van der Waals surface area contributed by atoms with Crippen molar-refractivity contribution in [1.82, 2.24) is 14.5 Å². The zero-order valence-corrected chi connectivity index (χ0v) is 20.6. The smallest absolute Gasteiger partial charge is 0.488 e. The lowest BCUT2D eigenvalue weighted by atomic mass is 9.93. The van der Waals surface area contributed by atoms with Gasteiger partial charge in [-0.3, -0.25) is 9.09 Å². The number of hydrogen-bond donors (Lipinski definition) is 5. The second kappa shape index (κ2) is 8.97. The Balaban J connectivity index is 1.75. The predicted molar refractivity (Wildman–Crippen MR) is 111 cm³/mol. The number of rotatable bonds is 8. The molecule has 2 aromatic rings. The molecule has 0 amide bonds. The Kier molecular flexibility index (Phi) is 7.11. The number of aryl methyl sites for hydroxylation is 1. The van der Waals surface area contributed by atoms with Crippen molar-refractivity contribution in [2.45, 2.75) is 26.2 Å². The molecule has 5 unspecified atom stereocenters. The number of nitrogen functional groups attached to an aromatic ring is 1. The molecule has 0 spiro atoms. The molecule has 186 valence electrons. The number of aromatic nitrogens is 4. The molecular weight excluding hydrogens is 507 g/mol. The van der Waals surface area contributed by atoms with Crippen LogP contribution in [0.4, 0.5) is 5.95 Å². The van der Waals surface area contributed by atoms with Gasteiger partial charge >= 0.3 is 23.2 Å². The van der Waals surface area contributed by atoms with Crippen LogP contribution in [0, 0.1) is 11.8 Å². The van der Waals surface area contributed by atoms with Crippen molar-refractivity contribution >= 4 is 40.4 Å². The Bertz CT molecular complexity index is 1200. The highest BCUT2D eigenvalue weighted by Crippen LogP contribution is 2.66. The molecule has 0 aromatic carbocycles. The van der Waals surface area contributed by atoms with Crippen molar-refractivity contribution in [3.05, 3.63) is 6.33 Å². The molecule has 1 aliphatic rings. The van der Waals surface area contributed by atoms with E-state index in [2.05, 4.69) is 18.6 Å². The van der Waals surface area contributed by atoms with E-state index in [0.717, 1.165) is 0 Å². The van der Waals surface area contributed by atoms with Gasteiger partial charge in [-0.15, -0.1) is 0 Å². The van der Waals surface area contributed by atoms with Crippen LogP contribution in [-0.4, -0.2) is 53.7 Å². The van der Waals surface area contributed by atoms with E-state index in [-0.39, 0.29) is 23.7 Å². The third kappa shape index (κ3) is 5.98. The fraction of sp³-hybridized carbons (Fsp3) is 0.643. The third-order valence-corrected chi connectivity index (χ3v) is 9.24. The molecule has 3 heterocycles. The molecule has 0 aliphatic carbocycles. The minimum Gasteiger partial charge on any atom is -0.490 e. The number of hydrogen-bond acceptors (Lipinski definition) is 11. The number of aromatic hydroxyl groups is 1. The molecule has 33 heavy (non-hydrogen) atoms. The zero-order valence-electron chi connectivity index (χ0n) is 17.9. The van der Waals surface area contributed by atoms with Crippen molar-refractivity contribution in [1.29, 1.82) is 0 Å². The van der Waals surface area contributed by atoms with Gasteiger partial charge in [0.2, 0.25) is 18.5 Å². The molecule has 1 saturated heterocycles. The second-order valence-corrected chi connectivity index (χ2v) is 12.7. The molecule has 7 atom stereocenters. The van der Waals surface area contributed by atoms with E-state index >= 15 is 0 Å². The first-order chi connectivity index (χ1) is 15.0. The summed E-state index contributed by atoms with van der Waals surface area (Å²) in [4.78, 5) is 36.1. The Morgan fingerprint density at radius 1 is 1.15 bits per heavy atom. The number of fused-ring (bicyclic) bond motifs is 1. The van der Waals surface area contributed by atoms with Crippen LogP contribution < -0.4 is 10.3 Å². The first-order valence-corrected chi connectivity index (χ1v) is 14.4. The standard InChI is InChI=1S/C14H24N5O11P3/c1-7-8(2)13(19-6-18(3)10-11(19)16-14(15)17-12(10)20)28-9(7)5-27-32(23,24)30-33(25,26)29-31(4,21)22/h6-9,13H,5H2,1-4H3,(H5-,15,16,17,20,21,22,23,24,25,26)/p+1/t7?,8?,9-,13-/m1/s1. The summed E-state index contributed by atoms with van der Waals surface area (Å²) in [5, 5.41) is 10.1. The number of anilines is 1. The number of phosphoric acid groups is 2. The van der Waals surface area contributed by atoms with E-state index in [1.807, 2.05) is 6.92 Å². The molecular formula is C14H25N5O11P3+. The van der Waals surface area contributed by atoms with Crippen LogP contribution in [-0.2, 0) is 38.6 Å². The van der Waals surface area contributed by atoms with E-state index in [4.69, 9.17) is 19.9 Å². The summed E-state index contributed by atoms with van der Waals surface area (Å²) in [7, 11) is -13.4. The third-order valence-electron chi connectivity index (χ3n) is 5.08. The lowest BCUT2D eigenvalue weighted by Gasteiger charge is -2.19. The molecule has 0 radical (unpaired) electrons. The van der Waals surface area contributed by atoms with Gasteiger partial charge in [-0.2, -0.15) is 18.8 Å². The van der Waals surface area contributed by atoms with E-state index in [1.165, 1.54) is 0 Å². The van der Waals surface area contributed by atoms with Crippen molar-refractivity contribution < 1.29 is 55.9 Å². The van der Waals surface area contributed by atoms with Gasteiger partial charge in [-0.05, 0) is 5.92 Å². The summed E-state index contributed by atoms with van der Waals surface area (Å²) in [5.41, 5.74) is 6.27. The fourth-order valence-electron chi connectivity index (χ4n) is 3.49. The maximum Gasteiger partial charge on any atom is 0.488 e. The SMILES string of the molecule is CC1C(C)[C@@H](COP(=O)(O)OP(=O)(O)OP(C)(=O)O)O[C@H]1n1c[n+](C)c2c(O)nc(N)nc21. The van der Waals surface area contributed by atoms with Crippen molar-refractivity contribution in [3.8, 4) is 5.88 Å². The molecule has 19 heteroatoms. The molecule has 0 saturated carbocycles. The van der Waals surface area contributed by atoms with Crippen molar-refractivity contribution in [2.24, 2.45) is 18.9 Å². The zero-order chi connectivity index (χ0) is 24.9. The largest absolute Gasteiger partial charge is 0.490 e. The highest BCUT2D eigenvalue weighted by atomic mass is 31.3. The number of nitrogens with zero attached hydrogens (tertiary/aromatic N) is 4. The molecule has 0 bridgehead atoms. The van der Waals surface area contributed by atoms with E-state index in [9.17, 15) is 28.6 Å². The molecule has 6 N–H and O–H groups in total. The van der Waals surface area contributed by atoms with Crippen LogP contribution in [0.1, 0.15) is 20.1 Å². The normalized spacial score (nSPS) is 28.9. The molecule has 1 aliphatic heterocycles. The summed E-state index contributed by atoms with van der Waals surface area (Å²) >= 11 is 0. The first-order valence-electron chi connectivity index (χ1n) is 9.41. The number of phosphoric ester groups is 1. The molecule has 2 aromatic heterocycles. The fourth-order valence-corrected chi connectivity index (χ4v) is 6.98. The van der Waals surface area contributed by atoms with Gasteiger partial charge in [-0.25, -0.2) is 18.0 Å². The summed E-state index contributed by atoms with van der Waals surface area (Å²) in [6.07, 6.45) is 0.212. The predicted octanol–water partition coefficient (Wildman–Crippen LogP) is 0.779. The van der Waals surface area contributed by atoms with Crippen LogP contribution in [0.5, 0.6) is 5.88 Å². The monoisotopic (exact) mass is 532 g/mol. The minimum atomic E-state index is -5.37. The Morgan fingerprint density at radius 3 is 2.39 bits per heavy atom. The van der Waals surface area contributed by atoms with E-state index in [0.29, 0.717) is 17.8 Å². The van der Waals surface area contributed by atoms with Gasteiger partial charge < -0.3 is 30.3 Å². The summed E-state index contributed by atoms with van der Waals surface area (Å²) in [5.74, 6) is -0.881. The van der Waals surface area contributed by atoms with Gasteiger partial charge in [0.25, 0.3) is 17.0 Å². The van der Waals surface area contributed by atoms with Gasteiger partial charge in [-0.1, -0.05) is 13.8 Å². The second-order valence-electron chi connectivity index (χ2n) is 7.69. The van der Waals surface area contributed by atoms with Gasteiger partial charge in [0.05, 0.1) is 19.8 Å². The van der Waals surface area contributed by atoms with E-state index < -0.39 is 42.2 Å². The van der Waals surface area contributed by atoms with Gasteiger partial charge in [0, 0.05) is 12.6 Å². The highest BCUT2D eigenvalue weighted by Gasteiger charge is 2.46. The molecule has 3 rings (SSSR count). The average Bonchev–Trinajstić information content (AvgIpc) is 3.07. The van der Waals surface area contributed by atoms with Crippen molar-refractivity contribution in [3.63, 3.8) is 0 Å². The van der Waals surface area contributed by atoms with Gasteiger partial charge in [0.15, 0.2) is 0 Å². The Labute approximate surface area is 187 Å². The Hall–Kier alpha value is -1.44. The highest BCUT2D eigenvalue weighted by molar-refractivity contribution is 7.68. The number of nitrogens with two attached hydrogens (primary N) is 1. The van der Waals surface area contributed by atoms with Gasteiger partial charge in [0.1, 0.15) is 0 Å². The maximum absolute atomic E-state index is 12.1. The minimum absolute atomic E-state index is 0.146. The molecule has 16 nitrogen and oxygen atoms in total. The maximum atomic E-state index is 12.1. The van der Waals surface area contributed by atoms with Crippen LogP contribution in [0.2, 0.25) is 0 Å². The van der Waals surface area contributed by atoms with Crippen LogP contribution in [0.15, 0.2) is 6.33 Å². The average molecular weight is 532 g/mol.